The quantitative estimate of drug-likeness (QED) is 0.808. The number of aromatic nitrogens is 3. The van der Waals surface area contributed by atoms with E-state index in [2.05, 4.69) is 9.97 Å². The van der Waals surface area contributed by atoms with Crippen LogP contribution in [0.5, 0.6) is 0 Å². The number of halogens is 1. The number of rotatable bonds is 2. The Labute approximate surface area is 102 Å². The van der Waals surface area contributed by atoms with E-state index in [4.69, 9.17) is 11.6 Å². The molecule has 0 aromatic carbocycles. The van der Waals surface area contributed by atoms with Gasteiger partial charge in [-0.15, -0.1) is 0 Å². The van der Waals surface area contributed by atoms with Gasteiger partial charge in [-0.2, -0.15) is 0 Å². The lowest BCUT2D eigenvalue weighted by Crippen LogP contribution is -2.36. The second-order valence-corrected chi connectivity index (χ2v) is 3.99. The molecule has 5 nitrogen and oxygen atoms in total. The molecule has 2 rings (SSSR count). The monoisotopic (exact) mass is 251 g/mol. The Morgan fingerprint density at radius 1 is 1.35 bits per heavy atom. The van der Waals surface area contributed by atoms with Crippen LogP contribution >= 0.6 is 11.6 Å². The fourth-order valence-electron chi connectivity index (χ4n) is 1.46. The number of aromatic amines is 1. The van der Waals surface area contributed by atoms with Gasteiger partial charge in [0.1, 0.15) is 5.15 Å². The minimum atomic E-state index is -0.512. The van der Waals surface area contributed by atoms with Crippen LogP contribution in [0.2, 0.25) is 5.15 Å². The minimum Gasteiger partial charge on any atom is -0.297 e. The third-order valence-corrected chi connectivity index (χ3v) is 2.83. The van der Waals surface area contributed by atoms with Crippen LogP contribution in [0, 0.1) is 6.92 Å². The summed E-state index contributed by atoms with van der Waals surface area (Å²) >= 11 is 5.72. The van der Waals surface area contributed by atoms with Gasteiger partial charge < -0.3 is 0 Å². The molecule has 0 unspecified atom stereocenters. The van der Waals surface area contributed by atoms with Gasteiger partial charge in [0.15, 0.2) is 0 Å². The number of pyridine rings is 1. The van der Waals surface area contributed by atoms with Crippen LogP contribution in [0.15, 0.2) is 34.1 Å². The highest BCUT2D eigenvalue weighted by molar-refractivity contribution is 6.30. The zero-order chi connectivity index (χ0) is 12.4. The molecule has 1 N–H and O–H groups in total. The largest absolute Gasteiger partial charge is 0.329 e. The molecule has 0 aliphatic carbocycles. The number of hydrogen-bond donors (Lipinski definition) is 1. The van der Waals surface area contributed by atoms with Crippen LogP contribution in [-0.4, -0.2) is 14.5 Å². The first-order chi connectivity index (χ1) is 8.09. The van der Waals surface area contributed by atoms with Crippen molar-refractivity contribution >= 4 is 11.6 Å². The van der Waals surface area contributed by atoms with Crippen molar-refractivity contribution in [2.24, 2.45) is 0 Å². The molecule has 0 fully saturated rings. The first-order valence-corrected chi connectivity index (χ1v) is 5.35. The second-order valence-electron chi connectivity index (χ2n) is 3.62. The van der Waals surface area contributed by atoms with E-state index < -0.39 is 5.69 Å². The molecule has 0 aliphatic rings. The Morgan fingerprint density at radius 3 is 2.65 bits per heavy atom. The van der Waals surface area contributed by atoms with Gasteiger partial charge in [0.2, 0.25) is 0 Å². The van der Waals surface area contributed by atoms with Gasteiger partial charge in [0.05, 0.1) is 6.54 Å². The van der Waals surface area contributed by atoms with E-state index in [9.17, 15) is 9.59 Å². The van der Waals surface area contributed by atoms with Crippen molar-refractivity contribution in [2.45, 2.75) is 13.5 Å². The summed E-state index contributed by atoms with van der Waals surface area (Å²) in [6, 6.07) is 3.49. The predicted molar refractivity (Wildman–Crippen MR) is 64.4 cm³/mol. The first-order valence-electron chi connectivity index (χ1n) is 4.97. The zero-order valence-corrected chi connectivity index (χ0v) is 9.86. The summed E-state index contributed by atoms with van der Waals surface area (Å²) in [4.78, 5) is 29.8. The van der Waals surface area contributed by atoms with Crippen LogP contribution in [-0.2, 0) is 6.54 Å². The third kappa shape index (κ3) is 2.29. The summed E-state index contributed by atoms with van der Waals surface area (Å²) in [6.45, 7) is 1.78. The van der Waals surface area contributed by atoms with E-state index in [0.29, 0.717) is 5.56 Å². The summed E-state index contributed by atoms with van der Waals surface area (Å²) in [6.07, 6.45) is 3.22. The molecule has 17 heavy (non-hydrogen) atoms. The molecule has 0 spiro atoms. The molecular weight excluding hydrogens is 242 g/mol. The number of nitrogens with one attached hydrogen (secondary N) is 1. The molecule has 2 aromatic rings. The predicted octanol–water partition coefficient (Wildman–Crippen LogP) is 0.942. The molecule has 0 saturated heterocycles. The second kappa shape index (κ2) is 4.55. The lowest BCUT2D eigenvalue weighted by atomic mass is 10.2. The minimum absolute atomic E-state index is 0.0889. The fraction of sp³-hybridized carbons (Fsp3) is 0.182. The molecule has 6 heteroatoms. The van der Waals surface area contributed by atoms with Gasteiger partial charge in [-0.3, -0.25) is 19.3 Å². The van der Waals surface area contributed by atoms with E-state index in [0.717, 1.165) is 10.1 Å². The molecule has 2 aromatic heterocycles. The molecule has 0 atom stereocenters. The third-order valence-electron chi connectivity index (χ3n) is 2.45. The summed E-state index contributed by atoms with van der Waals surface area (Å²) in [7, 11) is 0. The summed E-state index contributed by atoms with van der Waals surface area (Å²) in [5, 5.41) is 0.0889. The van der Waals surface area contributed by atoms with E-state index in [1.807, 2.05) is 0 Å². The molecular formula is C11H10ClN3O2. The van der Waals surface area contributed by atoms with E-state index in [-0.39, 0.29) is 17.3 Å². The molecule has 0 radical (unpaired) electrons. The SMILES string of the molecule is Cc1c(Cl)[nH]c(=O)n(Cc2ccncc2)c1=O. The Morgan fingerprint density at radius 2 is 2.00 bits per heavy atom. The smallest absolute Gasteiger partial charge is 0.297 e. The van der Waals surface area contributed by atoms with Gasteiger partial charge in [-0.1, -0.05) is 11.6 Å². The van der Waals surface area contributed by atoms with Crippen LogP contribution in [0.25, 0.3) is 0 Å². The van der Waals surface area contributed by atoms with Crippen molar-refractivity contribution in [1.82, 2.24) is 14.5 Å². The topological polar surface area (TPSA) is 67.8 Å². The average molecular weight is 252 g/mol. The van der Waals surface area contributed by atoms with Crippen LogP contribution < -0.4 is 11.2 Å². The van der Waals surface area contributed by atoms with Gasteiger partial charge in [0.25, 0.3) is 5.56 Å². The zero-order valence-electron chi connectivity index (χ0n) is 9.11. The summed E-state index contributed by atoms with van der Waals surface area (Å²) < 4.78 is 1.11. The molecule has 0 saturated carbocycles. The van der Waals surface area contributed by atoms with Crippen LogP contribution in [0.1, 0.15) is 11.1 Å². The van der Waals surface area contributed by atoms with Gasteiger partial charge in [0, 0.05) is 18.0 Å². The van der Waals surface area contributed by atoms with Crippen molar-refractivity contribution in [3.05, 3.63) is 61.6 Å². The van der Waals surface area contributed by atoms with Gasteiger partial charge >= 0.3 is 5.69 Å². The van der Waals surface area contributed by atoms with Crippen molar-refractivity contribution in [1.29, 1.82) is 0 Å². The van der Waals surface area contributed by atoms with Crippen molar-refractivity contribution < 1.29 is 0 Å². The Kier molecular flexibility index (Phi) is 3.10. The van der Waals surface area contributed by atoms with Gasteiger partial charge in [-0.05, 0) is 24.6 Å². The molecule has 0 bridgehead atoms. The Bertz CT molecular complexity index is 646. The first kappa shape index (κ1) is 11.6. The molecule has 2 heterocycles. The van der Waals surface area contributed by atoms with Crippen LogP contribution in [0.3, 0.4) is 0 Å². The maximum atomic E-state index is 11.9. The Balaban J connectivity index is 2.51. The van der Waals surface area contributed by atoms with Crippen molar-refractivity contribution in [2.75, 3.05) is 0 Å². The summed E-state index contributed by atoms with van der Waals surface area (Å²) in [5.41, 5.74) is 0.271. The summed E-state index contributed by atoms with van der Waals surface area (Å²) in [5.74, 6) is 0. The number of hydrogen-bond acceptors (Lipinski definition) is 3. The van der Waals surface area contributed by atoms with E-state index in [1.165, 1.54) is 0 Å². The number of nitrogens with zero attached hydrogens (tertiary/aromatic N) is 2. The van der Waals surface area contributed by atoms with Crippen molar-refractivity contribution in [3.8, 4) is 0 Å². The standard InChI is InChI=1S/C11H10ClN3O2/c1-7-9(12)14-11(17)15(10(7)16)6-8-2-4-13-5-3-8/h2-5H,6H2,1H3,(H,14,17). The molecule has 88 valence electrons. The normalized spacial score (nSPS) is 10.5. The van der Waals surface area contributed by atoms with Crippen LogP contribution in [0.4, 0.5) is 0 Å². The van der Waals surface area contributed by atoms with E-state index >= 15 is 0 Å². The molecule has 0 aliphatic heterocycles. The fourth-order valence-corrected chi connectivity index (χ4v) is 1.62. The average Bonchev–Trinajstić information content (AvgIpc) is 2.33. The lowest BCUT2D eigenvalue weighted by molar-refractivity contribution is 0.691. The number of H-pyrrole nitrogens is 1. The van der Waals surface area contributed by atoms with Gasteiger partial charge in [-0.25, -0.2) is 4.79 Å². The highest BCUT2D eigenvalue weighted by Gasteiger charge is 2.08. The maximum absolute atomic E-state index is 11.9. The van der Waals surface area contributed by atoms with E-state index in [1.54, 1.807) is 31.5 Å². The van der Waals surface area contributed by atoms with Crippen molar-refractivity contribution in [3.63, 3.8) is 0 Å². The maximum Gasteiger partial charge on any atom is 0.329 e. The molecule has 0 amide bonds. The highest BCUT2D eigenvalue weighted by atomic mass is 35.5. The lowest BCUT2D eigenvalue weighted by Gasteiger charge is -2.06. The Hall–Kier alpha value is -1.88. The highest BCUT2D eigenvalue weighted by Crippen LogP contribution is 2.04.